The first-order chi connectivity index (χ1) is 14.2. The molecule has 1 aliphatic rings. The lowest BCUT2D eigenvalue weighted by Gasteiger charge is -2.30. The molecule has 0 radical (unpaired) electrons. The van der Waals surface area contributed by atoms with E-state index in [4.69, 9.17) is 9.47 Å². The summed E-state index contributed by atoms with van der Waals surface area (Å²) in [4.78, 5) is 23.3. The SMILES string of the molecule is CO[C@H](C)C(=O)Nc1ccc(-c2nc(CS(C)(O)O)cc(N3CCOCC3)n2)cc1. The minimum absolute atomic E-state index is 0.0584. The lowest BCUT2D eigenvalue weighted by molar-refractivity contribution is -0.124. The standard InChI is InChI=1S/C20H28N4O5S/c1-14(28-2)20(25)22-16-6-4-15(5-7-16)19-21-17(13-30(3,26)27)12-18(23-19)24-8-10-29-11-9-24/h4-7,12,14,26-27H,8-11,13H2,1-3H3,(H,22,25)/t14-/m1/s1. The summed E-state index contributed by atoms with van der Waals surface area (Å²) in [6, 6.07) is 8.98. The predicted octanol–water partition coefficient (Wildman–Crippen LogP) is 2.83. The lowest BCUT2D eigenvalue weighted by atomic mass is 10.2. The maximum atomic E-state index is 12.0. The van der Waals surface area contributed by atoms with Crippen LogP contribution in [0.3, 0.4) is 0 Å². The molecule has 0 saturated carbocycles. The molecular formula is C20H28N4O5S. The average molecular weight is 437 g/mol. The fourth-order valence-corrected chi connectivity index (χ4v) is 3.68. The fourth-order valence-electron chi connectivity index (χ4n) is 2.97. The van der Waals surface area contributed by atoms with Crippen LogP contribution >= 0.6 is 10.6 Å². The number of methoxy groups -OCH3 is 1. The number of carbonyl (C=O) groups excluding carboxylic acids is 1. The Morgan fingerprint density at radius 2 is 1.93 bits per heavy atom. The van der Waals surface area contributed by atoms with Crippen molar-refractivity contribution < 1.29 is 23.4 Å². The van der Waals surface area contributed by atoms with Gasteiger partial charge in [-0.3, -0.25) is 13.9 Å². The van der Waals surface area contributed by atoms with Crippen molar-refractivity contribution in [2.24, 2.45) is 0 Å². The van der Waals surface area contributed by atoms with Gasteiger partial charge in [0.2, 0.25) is 0 Å². The number of nitrogens with zero attached hydrogens (tertiary/aromatic N) is 3. The number of amides is 1. The van der Waals surface area contributed by atoms with Gasteiger partial charge in [0.25, 0.3) is 5.91 Å². The van der Waals surface area contributed by atoms with Crippen LogP contribution in [0, 0.1) is 0 Å². The monoisotopic (exact) mass is 436 g/mol. The molecule has 1 aliphatic heterocycles. The first kappa shape index (κ1) is 22.4. The van der Waals surface area contributed by atoms with Crippen LogP contribution in [0.5, 0.6) is 0 Å². The van der Waals surface area contributed by atoms with E-state index in [0.29, 0.717) is 43.5 Å². The van der Waals surface area contributed by atoms with Crippen LogP contribution in [0.1, 0.15) is 12.6 Å². The Morgan fingerprint density at radius 3 is 2.53 bits per heavy atom. The summed E-state index contributed by atoms with van der Waals surface area (Å²) in [6.45, 7) is 4.33. The van der Waals surface area contributed by atoms with Crippen molar-refractivity contribution in [1.29, 1.82) is 0 Å². The maximum absolute atomic E-state index is 12.0. The van der Waals surface area contributed by atoms with Gasteiger partial charge in [-0.15, -0.1) is 0 Å². The van der Waals surface area contributed by atoms with Crippen LogP contribution in [-0.4, -0.2) is 70.8 Å². The fraction of sp³-hybridized carbons (Fsp3) is 0.450. The molecule has 3 N–H and O–H groups in total. The second-order valence-corrected chi connectivity index (χ2v) is 9.50. The first-order valence-electron chi connectivity index (χ1n) is 9.61. The van der Waals surface area contributed by atoms with Gasteiger partial charge in [-0.05, 0) is 31.2 Å². The molecule has 0 unspecified atom stereocenters. The maximum Gasteiger partial charge on any atom is 0.253 e. The Morgan fingerprint density at radius 1 is 1.27 bits per heavy atom. The Labute approximate surface area is 177 Å². The zero-order valence-electron chi connectivity index (χ0n) is 17.4. The molecule has 1 fully saturated rings. The van der Waals surface area contributed by atoms with Crippen molar-refractivity contribution in [3.05, 3.63) is 36.0 Å². The number of rotatable bonds is 7. The molecule has 2 aromatic rings. The molecule has 164 valence electrons. The summed E-state index contributed by atoms with van der Waals surface area (Å²) in [6.07, 6.45) is 0.858. The third-order valence-corrected chi connectivity index (χ3v) is 5.50. The Kier molecular flexibility index (Phi) is 7.27. The molecule has 2 heterocycles. The van der Waals surface area contributed by atoms with Gasteiger partial charge in [-0.25, -0.2) is 9.97 Å². The van der Waals surface area contributed by atoms with E-state index in [1.54, 1.807) is 25.1 Å². The van der Waals surface area contributed by atoms with Crippen molar-refractivity contribution in [2.75, 3.05) is 49.9 Å². The Balaban J connectivity index is 1.87. The third-order valence-electron chi connectivity index (χ3n) is 4.66. The lowest BCUT2D eigenvalue weighted by Crippen LogP contribution is -2.37. The minimum atomic E-state index is -2.75. The highest BCUT2D eigenvalue weighted by molar-refractivity contribution is 8.23. The van der Waals surface area contributed by atoms with E-state index < -0.39 is 16.7 Å². The highest BCUT2D eigenvalue weighted by Crippen LogP contribution is 2.38. The van der Waals surface area contributed by atoms with Gasteiger partial charge in [-0.2, -0.15) is 10.6 Å². The third kappa shape index (κ3) is 6.13. The smallest absolute Gasteiger partial charge is 0.253 e. The van der Waals surface area contributed by atoms with Crippen molar-refractivity contribution in [3.63, 3.8) is 0 Å². The molecule has 1 atom stereocenters. The summed E-state index contributed by atoms with van der Waals surface area (Å²) >= 11 is 0. The molecule has 0 bridgehead atoms. The number of benzene rings is 1. The van der Waals surface area contributed by atoms with Gasteiger partial charge in [0.1, 0.15) is 11.9 Å². The molecule has 3 rings (SSSR count). The second kappa shape index (κ2) is 9.71. The van der Waals surface area contributed by atoms with Crippen molar-refractivity contribution in [1.82, 2.24) is 9.97 Å². The molecular weight excluding hydrogens is 408 g/mol. The summed E-state index contributed by atoms with van der Waals surface area (Å²) < 4.78 is 30.3. The van der Waals surface area contributed by atoms with Gasteiger partial charge < -0.3 is 19.7 Å². The molecule has 0 aliphatic carbocycles. The zero-order chi connectivity index (χ0) is 21.7. The molecule has 1 aromatic heterocycles. The quantitative estimate of drug-likeness (QED) is 0.607. The van der Waals surface area contributed by atoms with E-state index in [-0.39, 0.29) is 11.7 Å². The van der Waals surface area contributed by atoms with Crippen LogP contribution in [0.2, 0.25) is 0 Å². The number of ether oxygens (including phenoxy) is 2. The second-order valence-electron chi connectivity index (χ2n) is 7.22. The summed E-state index contributed by atoms with van der Waals surface area (Å²) in [5.74, 6) is 1.04. The van der Waals surface area contributed by atoms with Crippen molar-refractivity contribution >= 4 is 28.0 Å². The van der Waals surface area contributed by atoms with Crippen LogP contribution in [-0.2, 0) is 20.0 Å². The summed E-state index contributed by atoms with van der Waals surface area (Å²) in [5, 5.41) is 2.79. The van der Waals surface area contributed by atoms with Gasteiger partial charge in [0, 0.05) is 43.8 Å². The van der Waals surface area contributed by atoms with Crippen molar-refractivity contribution in [3.8, 4) is 11.4 Å². The van der Waals surface area contributed by atoms with Gasteiger partial charge in [-0.1, -0.05) is 0 Å². The van der Waals surface area contributed by atoms with E-state index in [1.165, 1.54) is 13.4 Å². The molecule has 9 nitrogen and oxygen atoms in total. The van der Waals surface area contributed by atoms with E-state index in [1.807, 2.05) is 12.1 Å². The molecule has 10 heteroatoms. The van der Waals surface area contributed by atoms with E-state index >= 15 is 0 Å². The molecule has 0 spiro atoms. The predicted molar refractivity (Wildman–Crippen MR) is 118 cm³/mol. The van der Waals surface area contributed by atoms with E-state index in [2.05, 4.69) is 20.2 Å². The summed E-state index contributed by atoms with van der Waals surface area (Å²) in [7, 11) is -1.27. The number of anilines is 2. The number of morpholine rings is 1. The highest BCUT2D eigenvalue weighted by atomic mass is 32.3. The largest absolute Gasteiger partial charge is 0.378 e. The van der Waals surface area contributed by atoms with Crippen molar-refractivity contribution in [2.45, 2.75) is 18.8 Å². The molecule has 1 aromatic carbocycles. The number of nitrogens with one attached hydrogen (secondary N) is 1. The van der Waals surface area contributed by atoms with Gasteiger partial charge in [0.05, 0.1) is 24.7 Å². The number of hydrogen-bond acceptors (Lipinski definition) is 8. The molecule has 30 heavy (non-hydrogen) atoms. The van der Waals surface area contributed by atoms with E-state index in [0.717, 1.165) is 11.4 Å². The topological polar surface area (TPSA) is 117 Å². The number of carbonyl (C=O) groups is 1. The van der Waals surface area contributed by atoms with E-state index in [9.17, 15) is 13.9 Å². The highest BCUT2D eigenvalue weighted by Gasteiger charge is 2.18. The van der Waals surface area contributed by atoms with Crippen LogP contribution in [0.25, 0.3) is 11.4 Å². The van der Waals surface area contributed by atoms with Crippen LogP contribution in [0.15, 0.2) is 30.3 Å². The van der Waals surface area contributed by atoms with Gasteiger partial charge in [0.15, 0.2) is 5.82 Å². The number of hydrogen-bond donors (Lipinski definition) is 3. The molecule has 1 saturated heterocycles. The molecule has 1 amide bonds. The minimum Gasteiger partial charge on any atom is -0.378 e. The average Bonchev–Trinajstić information content (AvgIpc) is 2.72. The number of aromatic nitrogens is 2. The Hall–Kier alpha value is -2.24. The van der Waals surface area contributed by atoms with Crippen LogP contribution in [0.4, 0.5) is 11.5 Å². The van der Waals surface area contributed by atoms with Crippen LogP contribution < -0.4 is 10.2 Å². The Bertz CT molecular complexity index is 866. The summed E-state index contributed by atoms with van der Waals surface area (Å²) in [5.41, 5.74) is 1.96. The normalized spacial score (nSPS) is 16.2. The first-order valence-corrected chi connectivity index (χ1v) is 11.7. The van der Waals surface area contributed by atoms with Gasteiger partial charge >= 0.3 is 0 Å². The zero-order valence-corrected chi connectivity index (χ0v) is 18.2.